The van der Waals surface area contributed by atoms with E-state index in [9.17, 15) is 4.21 Å². The Labute approximate surface area is 132 Å². The fourth-order valence-electron chi connectivity index (χ4n) is 3.17. The van der Waals surface area contributed by atoms with Gasteiger partial charge in [0, 0.05) is 28.8 Å². The van der Waals surface area contributed by atoms with Crippen molar-refractivity contribution in [1.29, 1.82) is 0 Å². The highest BCUT2D eigenvalue weighted by Crippen LogP contribution is 2.39. The molecule has 2 fully saturated rings. The van der Waals surface area contributed by atoms with E-state index < -0.39 is 16.6 Å². The molecule has 4 nitrogen and oxygen atoms in total. The maximum absolute atomic E-state index is 12.9. The molecular formula is C15H20ClNO3S. The van der Waals surface area contributed by atoms with Gasteiger partial charge in [-0.3, -0.25) is 4.21 Å². The second-order valence-electron chi connectivity index (χ2n) is 5.54. The molecule has 0 amide bonds. The first-order valence-corrected chi connectivity index (χ1v) is 8.84. The van der Waals surface area contributed by atoms with Gasteiger partial charge in [0.15, 0.2) is 5.79 Å². The van der Waals surface area contributed by atoms with Gasteiger partial charge in [-0.05, 0) is 37.7 Å². The molecule has 3 atom stereocenters. The van der Waals surface area contributed by atoms with E-state index in [0.717, 1.165) is 17.7 Å². The second kappa shape index (κ2) is 6.34. The van der Waals surface area contributed by atoms with Gasteiger partial charge in [-0.1, -0.05) is 11.6 Å². The lowest BCUT2D eigenvalue weighted by Gasteiger charge is -2.40. The molecule has 0 radical (unpaired) electrons. The number of benzene rings is 1. The minimum Gasteiger partial charge on any atom is -0.347 e. The fourth-order valence-corrected chi connectivity index (χ4v) is 5.03. The van der Waals surface area contributed by atoms with E-state index >= 15 is 0 Å². The minimum atomic E-state index is -1.11. The molecule has 3 rings (SSSR count). The van der Waals surface area contributed by atoms with Crippen LogP contribution in [0.4, 0.5) is 0 Å². The number of hydrogen-bond acceptors (Lipinski definition) is 4. The SMILES string of the molecule is CNC1CCC2(CC1S(=O)c1ccc(Cl)cc1)OCCO2. The molecule has 0 bridgehead atoms. The summed E-state index contributed by atoms with van der Waals surface area (Å²) in [4.78, 5) is 0.805. The predicted octanol–water partition coefficient (Wildman–Crippen LogP) is 2.33. The Morgan fingerprint density at radius 1 is 1.29 bits per heavy atom. The average Bonchev–Trinajstić information content (AvgIpc) is 2.95. The summed E-state index contributed by atoms with van der Waals surface area (Å²) in [5, 5.41) is 3.92. The van der Waals surface area contributed by atoms with Gasteiger partial charge in [0.25, 0.3) is 0 Å². The van der Waals surface area contributed by atoms with Crippen LogP contribution in [0.2, 0.25) is 5.02 Å². The van der Waals surface area contributed by atoms with Crippen molar-refractivity contribution in [1.82, 2.24) is 5.32 Å². The average molecular weight is 330 g/mol. The summed E-state index contributed by atoms with van der Waals surface area (Å²) in [6, 6.07) is 7.44. The number of nitrogens with one attached hydrogen (secondary N) is 1. The van der Waals surface area contributed by atoms with Crippen LogP contribution in [0.25, 0.3) is 0 Å². The maximum atomic E-state index is 12.9. The third-order valence-electron chi connectivity index (χ3n) is 4.30. The first-order chi connectivity index (χ1) is 10.1. The van der Waals surface area contributed by atoms with E-state index in [0.29, 0.717) is 24.7 Å². The molecule has 0 aromatic heterocycles. The van der Waals surface area contributed by atoms with Crippen LogP contribution >= 0.6 is 11.6 Å². The first kappa shape index (κ1) is 15.4. The van der Waals surface area contributed by atoms with E-state index in [1.165, 1.54) is 0 Å². The predicted molar refractivity (Wildman–Crippen MR) is 83.0 cm³/mol. The molecule has 2 aliphatic rings. The molecule has 3 unspecified atom stereocenters. The van der Waals surface area contributed by atoms with Crippen molar-refractivity contribution in [3.63, 3.8) is 0 Å². The Morgan fingerprint density at radius 3 is 2.57 bits per heavy atom. The van der Waals surface area contributed by atoms with Crippen LogP contribution in [-0.4, -0.2) is 41.5 Å². The number of halogens is 1. The second-order valence-corrected chi connectivity index (χ2v) is 7.64. The van der Waals surface area contributed by atoms with Gasteiger partial charge < -0.3 is 14.8 Å². The van der Waals surface area contributed by atoms with Crippen molar-refractivity contribution in [3.8, 4) is 0 Å². The van der Waals surface area contributed by atoms with E-state index in [2.05, 4.69) is 5.32 Å². The lowest BCUT2D eigenvalue weighted by Crippen LogP contribution is -2.51. The largest absolute Gasteiger partial charge is 0.347 e. The molecular weight excluding hydrogens is 310 g/mol. The van der Waals surface area contributed by atoms with Crippen molar-refractivity contribution < 1.29 is 13.7 Å². The van der Waals surface area contributed by atoms with Crippen LogP contribution < -0.4 is 5.32 Å². The molecule has 1 aliphatic carbocycles. The van der Waals surface area contributed by atoms with Crippen molar-refractivity contribution in [3.05, 3.63) is 29.3 Å². The molecule has 1 N–H and O–H groups in total. The van der Waals surface area contributed by atoms with E-state index in [4.69, 9.17) is 21.1 Å². The van der Waals surface area contributed by atoms with Crippen molar-refractivity contribution in [2.75, 3.05) is 20.3 Å². The molecule has 1 aromatic carbocycles. The Balaban J connectivity index is 1.82. The normalized spacial score (nSPS) is 29.6. The summed E-state index contributed by atoms with van der Waals surface area (Å²) in [7, 11) is 0.810. The van der Waals surface area contributed by atoms with Gasteiger partial charge in [-0.25, -0.2) is 0 Å². The van der Waals surface area contributed by atoms with Crippen LogP contribution in [0.15, 0.2) is 29.2 Å². The third kappa shape index (κ3) is 3.17. The van der Waals surface area contributed by atoms with Gasteiger partial charge in [0.1, 0.15) is 0 Å². The maximum Gasteiger partial charge on any atom is 0.169 e. The Morgan fingerprint density at radius 2 is 1.95 bits per heavy atom. The van der Waals surface area contributed by atoms with Gasteiger partial charge in [0.2, 0.25) is 0 Å². The zero-order valence-electron chi connectivity index (χ0n) is 12.0. The molecule has 1 saturated heterocycles. The monoisotopic (exact) mass is 329 g/mol. The Bertz CT molecular complexity index is 516. The van der Waals surface area contributed by atoms with E-state index in [1.807, 2.05) is 19.2 Å². The van der Waals surface area contributed by atoms with Crippen LogP contribution in [0.1, 0.15) is 19.3 Å². The van der Waals surface area contributed by atoms with E-state index in [1.54, 1.807) is 12.1 Å². The zero-order chi connectivity index (χ0) is 14.9. The van der Waals surface area contributed by atoms with E-state index in [-0.39, 0.29) is 11.3 Å². The van der Waals surface area contributed by atoms with Crippen LogP contribution in [-0.2, 0) is 20.3 Å². The highest BCUT2D eigenvalue weighted by molar-refractivity contribution is 7.85. The van der Waals surface area contributed by atoms with Crippen molar-refractivity contribution in [2.24, 2.45) is 0 Å². The summed E-state index contributed by atoms with van der Waals surface area (Å²) in [5.41, 5.74) is 0. The minimum absolute atomic E-state index is 0.0250. The van der Waals surface area contributed by atoms with Gasteiger partial charge in [-0.15, -0.1) is 0 Å². The summed E-state index contributed by atoms with van der Waals surface area (Å²) in [5.74, 6) is -0.528. The summed E-state index contributed by atoms with van der Waals surface area (Å²) < 4.78 is 24.5. The van der Waals surface area contributed by atoms with Crippen LogP contribution in [0.5, 0.6) is 0 Å². The molecule has 1 heterocycles. The standard InChI is InChI=1S/C15H20ClNO3S/c1-17-13-6-7-15(19-8-9-20-15)10-14(13)21(18)12-4-2-11(16)3-5-12/h2-5,13-14,17H,6-10H2,1H3. The molecule has 1 aromatic rings. The zero-order valence-corrected chi connectivity index (χ0v) is 13.6. The molecule has 1 aliphatic heterocycles. The molecule has 21 heavy (non-hydrogen) atoms. The summed E-state index contributed by atoms with van der Waals surface area (Å²) >= 11 is 5.91. The highest BCUT2D eigenvalue weighted by Gasteiger charge is 2.46. The number of hydrogen-bond donors (Lipinski definition) is 1. The van der Waals surface area contributed by atoms with Crippen LogP contribution in [0.3, 0.4) is 0 Å². The molecule has 1 saturated carbocycles. The van der Waals surface area contributed by atoms with Gasteiger partial charge in [0.05, 0.1) is 29.3 Å². The molecule has 116 valence electrons. The van der Waals surface area contributed by atoms with Crippen molar-refractivity contribution >= 4 is 22.4 Å². The first-order valence-electron chi connectivity index (χ1n) is 7.25. The van der Waals surface area contributed by atoms with Crippen molar-refractivity contribution in [2.45, 2.75) is 41.2 Å². The summed E-state index contributed by atoms with van der Waals surface area (Å²) in [6.45, 7) is 1.26. The summed E-state index contributed by atoms with van der Waals surface area (Å²) in [6.07, 6.45) is 2.42. The lowest BCUT2D eigenvalue weighted by atomic mass is 9.89. The fraction of sp³-hybridized carbons (Fsp3) is 0.600. The lowest BCUT2D eigenvalue weighted by molar-refractivity contribution is -0.178. The van der Waals surface area contributed by atoms with Gasteiger partial charge in [-0.2, -0.15) is 0 Å². The molecule has 6 heteroatoms. The number of rotatable bonds is 3. The van der Waals surface area contributed by atoms with Gasteiger partial charge >= 0.3 is 0 Å². The number of ether oxygens (including phenoxy) is 2. The quantitative estimate of drug-likeness (QED) is 0.924. The van der Waals surface area contributed by atoms with Crippen LogP contribution in [0, 0.1) is 0 Å². The highest BCUT2D eigenvalue weighted by atomic mass is 35.5. The third-order valence-corrected chi connectivity index (χ3v) is 6.34. The smallest absolute Gasteiger partial charge is 0.169 e. The Kier molecular flexibility index (Phi) is 4.66. The topological polar surface area (TPSA) is 47.6 Å². The molecule has 1 spiro atoms. The Hall–Kier alpha value is -0.460.